The lowest BCUT2D eigenvalue weighted by atomic mass is 10.1. The number of halogens is 2. The van der Waals surface area contributed by atoms with Gasteiger partial charge in [-0.3, -0.25) is 4.90 Å². The monoisotopic (exact) mass is 268 g/mol. The largest absolute Gasteiger partial charge is 0.309 e. The number of hydrogen-bond donors (Lipinski definition) is 1. The Balaban J connectivity index is 1.89. The predicted octanol–water partition coefficient (Wildman–Crippen LogP) is 3.10. The number of likely N-dealkylation sites (tertiary alicyclic amines) is 1. The molecule has 0 amide bonds. The highest BCUT2D eigenvalue weighted by Crippen LogP contribution is 2.18. The van der Waals surface area contributed by atoms with Gasteiger partial charge in [0.25, 0.3) is 0 Å². The lowest BCUT2D eigenvalue weighted by molar-refractivity contribution is 0.246. The third-order valence-electron chi connectivity index (χ3n) is 3.91. The van der Waals surface area contributed by atoms with Crippen molar-refractivity contribution in [1.29, 1.82) is 0 Å². The summed E-state index contributed by atoms with van der Waals surface area (Å²) in [5.41, 5.74) is 0.397. The van der Waals surface area contributed by atoms with E-state index in [-0.39, 0.29) is 11.9 Å². The second kappa shape index (κ2) is 6.44. The molecule has 1 aromatic rings. The van der Waals surface area contributed by atoms with E-state index in [0.717, 1.165) is 25.7 Å². The number of nitrogens with one attached hydrogen (secondary N) is 1. The number of rotatable bonds is 5. The van der Waals surface area contributed by atoms with Crippen LogP contribution in [-0.4, -0.2) is 30.6 Å². The third-order valence-corrected chi connectivity index (χ3v) is 3.91. The lowest BCUT2D eigenvalue weighted by Gasteiger charge is -2.26. The summed E-state index contributed by atoms with van der Waals surface area (Å²) in [5.74, 6) is -0.743. The normalized spacial score (nSPS) is 19.6. The van der Waals surface area contributed by atoms with Crippen LogP contribution in [0.5, 0.6) is 0 Å². The highest BCUT2D eigenvalue weighted by Gasteiger charge is 2.19. The fourth-order valence-electron chi connectivity index (χ4n) is 2.62. The molecule has 1 aromatic carbocycles. The Labute approximate surface area is 113 Å². The zero-order valence-electron chi connectivity index (χ0n) is 11.6. The Morgan fingerprint density at radius 2 is 1.89 bits per heavy atom. The van der Waals surface area contributed by atoms with Crippen LogP contribution < -0.4 is 5.32 Å². The van der Waals surface area contributed by atoms with Crippen LogP contribution in [0.15, 0.2) is 18.2 Å². The maximum absolute atomic E-state index is 13.6. The molecule has 2 atom stereocenters. The van der Waals surface area contributed by atoms with Gasteiger partial charge in [-0.2, -0.15) is 0 Å². The first-order valence-corrected chi connectivity index (χ1v) is 7.00. The predicted molar refractivity (Wildman–Crippen MR) is 73.0 cm³/mol. The molecule has 2 rings (SSSR count). The molecule has 1 fully saturated rings. The van der Waals surface area contributed by atoms with E-state index in [1.54, 1.807) is 0 Å². The maximum atomic E-state index is 13.6. The minimum atomic E-state index is -0.391. The molecule has 1 aliphatic heterocycles. The highest BCUT2D eigenvalue weighted by atomic mass is 19.1. The van der Waals surface area contributed by atoms with Crippen LogP contribution in [0.4, 0.5) is 8.78 Å². The van der Waals surface area contributed by atoms with E-state index in [9.17, 15) is 8.78 Å². The highest BCUT2D eigenvalue weighted by molar-refractivity contribution is 5.21. The van der Waals surface area contributed by atoms with Crippen LogP contribution in [-0.2, 0) is 0 Å². The van der Waals surface area contributed by atoms with Crippen molar-refractivity contribution < 1.29 is 8.78 Å². The van der Waals surface area contributed by atoms with Crippen molar-refractivity contribution in [1.82, 2.24) is 10.2 Å². The van der Waals surface area contributed by atoms with Gasteiger partial charge in [-0.05, 0) is 58.0 Å². The fraction of sp³-hybridized carbons (Fsp3) is 0.600. The molecule has 4 heteroatoms. The van der Waals surface area contributed by atoms with Gasteiger partial charge in [0.05, 0.1) is 0 Å². The van der Waals surface area contributed by atoms with E-state index in [2.05, 4.69) is 17.1 Å². The SMILES string of the molecule is CC(NCC(C)N1CCCC1)c1cc(F)ccc1F. The minimum absolute atomic E-state index is 0.180. The summed E-state index contributed by atoms with van der Waals surface area (Å²) in [6.07, 6.45) is 2.52. The minimum Gasteiger partial charge on any atom is -0.309 e. The standard InChI is InChI=1S/C15H22F2N2/c1-11(19-7-3-4-8-19)10-18-12(2)14-9-13(16)5-6-15(14)17/h5-6,9,11-12,18H,3-4,7-8,10H2,1-2H3. The fourth-order valence-corrected chi connectivity index (χ4v) is 2.62. The molecule has 2 unspecified atom stereocenters. The zero-order chi connectivity index (χ0) is 13.8. The molecule has 19 heavy (non-hydrogen) atoms. The second-order valence-electron chi connectivity index (χ2n) is 5.39. The van der Waals surface area contributed by atoms with E-state index in [0.29, 0.717) is 11.6 Å². The summed E-state index contributed by atoms with van der Waals surface area (Å²) in [7, 11) is 0. The topological polar surface area (TPSA) is 15.3 Å². The van der Waals surface area contributed by atoms with E-state index in [4.69, 9.17) is 0 Å². The molecule has 1 heterocycles. The Bertz CT molecular complexity index is 417. The first-order chi connectivity index (χ1) is 9.08. The van der Waals surface area contributed by atoms with Gasteiger partial charge in [-0.1, -0.05) is 0 Å². The van der Waals surface area contributed by atoms with Gasteiger partial charge in [0, 0.05) is 24.2 Å². The van der Waals surface area contributed by atoms with Crippen molar-refractivity contribution in [3.63, 3.8) is 0 Å². The maximum Gasteiger partial charge on any atom is 0.128 e. The smallest absolute Gasteiger partial charge is 0.128 e. The van der Waals surface area contributed by atoms with Crippen LogP contribution in [0.1, 0.15) is 38.3 Å². The molecule has 0 spiro atoms. The second-order valence-corrected chi connectivity index (χ2v) is 5.39. The van der Waals surface area contributed by atoms with Gasteiger partial charge in [0.2, 0.25) is 0 Å². The molecule has 0 bridgehead atoms. The lowest BCUT2D eigenvalue weighted by Crippen LogP contribution is -2.39. The van der Waals surface area contributed by atoms with Crippen LogP contribution in [0.2, 0.25) is 0 Å². The van der Waals surface area contributed by atoms with Gasteiger partial charge in [0.15, 0.2) is 0 Å². The van der Waals surface area contributed by atoms with E-state index in [1.807, 2.05) is 6.92 Å². The molecular formula is C15H22F2N2. The van der Waals surface area contributed by atoms with Crippen LogP contribution in [0, 0.1) is 11.6 Å². The summed E-state index contributed by atoms with van der Waals surface area (Å²) in [5, 5.41) is 3.30. The van der Waals surface area contributed by atoms with Crippen LogP contribution in [0.25, 0.3) is 0 Å². The molecule has 0 aliphatic carbocycles. The van der Waals surface area contributed by atoms with Crippen molar-refractivity contribution in [3.05, 3.63) is 35.4 Å². The van der Waals surface area contributed by atoms with Gasteiger partial charge in [-0.15, -0.1) is 0 Å². The summed E-state index contributed by atoms with van der Waals surface area (Å²) in [6.45, 7) is 7.12. The Morgan fingerprint density at radius 3 is 2.58 bits per heavy atom. The molecule has 0 aromatic heterocycles. The molecular weight excluding hydrogens is 246 g/mol. The zero-order valence-corrected chi connectivity index (χ0v) is 11.6. The van der Waals surface area contributed by atoms with Crippen molar-refractivity contribution >= 4 is 0 Å². The molecule has 1 N–H and O–H groups in total. The van der Waals surface area contributed by atoms with Crippen LogP contribution >= 0.6 is 0 Å². The molecule has 2 nitrogen and oxygen atoms in total. The average Bonchev–Trinajstić information content (AvgIpc) is 2.92. The molecule has 1 aliphatic rings. The van der Waals surface area contributed by atoms with Gasteiger partial charge >= 0.3 is 0 Å². The third kappa shape index (κ3) is 3.74. The number of hydrogen-bond acceptors (Lipinski definition) is 2. The van der Waals surface area contributed by atoms with E-state index < -0.39 is 5.82 Å². The summed E-state index contributed by atoms with van der Waals surface area (Å²) < 4.78 is 26.8. The molecule has 1 saturated heterocycles. The summed E-state index contributed by atoms with van der Waals surface area (Å²) >= 11 is 0. The van der Waals surface area contributed by atoms with E-state index in [1.165, 1.54) is 25.0 Å². The molecule has 0 saturated carbocycles. The van der Waals surface area contributed by atoms with Crippen molar-refractivity contribution in [2.24, 2.45) is 0 Å². The number of nitrogens with zero attached hydrogens (tertiary/aromatic N) is 1. The van der Waals surface area contributed by atoms with Crippen molar-refractivity contribution in [2.75, 3.05) is 19.6 Å². The Hall–Kier alpha value is -1.00. The van der Waals surface area contributed by atoms with Gasteiger partial charge < -0.3 is 5.32 Å². The summed E-state index contributed by atoms with van der Waals surface area (Å²) in [4.78, 5) is 2.43. The average molecular weight is 268 g/mol. The van der Waals surface area contributed by atoms with E-state index >= 15 is 0 Å². The summed E-state index contributed by atoms with van der Waals surface area (Å²) in [6, 6.07) is 3.86. The molecule has 106 valence electrons. The molecule has 0 radical (unpaired) electrons. The van der Waals surface area contributed by atoms with Crippen molar-refractivity contribution in [3.8, 4) is 0 Å². The van der Waals surface area contributed by atoms with Gasteiger partial charge in [0.1, 0.15) is 11.6 Å². The first-order valence-electron chi connectivity index (χ1n) is 7.00. The quantitative estimate of drug-likeness (QED) is 0.882. The Kier molecular flexibility index (Phi) is 4.88. The Morgan fingerprint density at radius 1 is 1.21 bits per heavy atom. The first kappa shape index (κ1) is 14.4. The number of benzene rings is 1. The van der Waals surface area contributed by atoms with Crippen molar-refractivity contribution in [2.45, 2.75) is 38.8 Å². The van der Waals surface area contributed by atoms with Crippen LogP contribution in [0.3, 0.4) is 0 Å². The van der Waals surface area contributed by atoms with Gasteiger partial charge in [-0.25, -0.2) is 8.78 Å².